The lowest BCUT2D eigenvalue weighted by Gasteiger charge is -2.16. The standard InChI is InChI=1S/C28H12F3N5/c29-28(30,31)22-11-9-19(10-12-22)25-23(15-34)26(20-5-1-17(13-32)2-6-20)36-27(24(25)16-35)21-7-3-18(14-33)4-8-21/h1-12H. The molecule has 3 aromatic carbocycles. The fourth-order valence-corrected chi connectivity index (χ4v) is 3.74. The maximum Gasteiger partial charge on any atom is 0.416 e. The Hall–Kier alpha value is -5.44. The van der Waals surface area contributed by atoms with Crippen molar-refractivity contribution in [2.45, 2.75) is 6.18 Å². The van der Waals surface area contributed by atoms with Gasteiger partial charge in [0.2, 0.25) is 0 Å². The van der Waals surface area contributed by atoms with E-state index in [1.807, 2.05) is 12.1 Å². The van der Waals surface area contributed by atoms with E-state index in [0.29, 0.717) is 22.3 Å². The van der Waals surface area contributed by atoms with Crippen LogP contribution in [0, 0.1) is 45.3 Å². The lowest BCUT2D eigenvalue weighted by atomic mass is 9.89. The third-order valence-corrected chi connectivity index (χ3v) is 5.50. The van der Waals surface area contributed by atoms with Crippen molar-refractivity contribution in [3.63, 3.8) is 0 Å². The van der Waals surface area contributed by atoms with Crippen LogP contribution in [-0.2, 0) is 6.18 Å². The smallest absolute Gasteiger partial charge is 0.245 e. The maximum absolute atomic E-state index is 13.1. The van der Waals surface area contributed by atoms with E-state index < -0.39 is 11.7 Å². The molecule has 0 aliphatic heterocycles. The summed E-state index contributed by atoms with van der Waals surface area (Å²) in [5.41, 5.74) is 1.69. The molecule has 0 saturated heterocycles. The molecule has 8 heteroatoms. The van der Waals surface area contributed by atoms with E-state index in [0.717, 1.165) is 12.1 Å². The van der Waals surface area contributed by atoms with Crippen molar-refractivity contribution in [1.29, 1.82) is 21.0 Å². The zero-order valence-corrected chi connectivity index (χ0v) is 18.3. The van der Waals surface area contributed by atoms with E-state index in [1.54, 1.807) is 48.5 Å². The van der Waals surface area contributed by atoms with Crippen molar-refractivity contribution in [3.05, 3.63) is 101 Å². The predicted octanol–water partition coefficient (Wildman–Crippen LogP) is 6.59. The van der Waals surface area contributed by atoms with Crippen LogP contribution in [0.3, 0.4) is 0 Å². The zero-order valence-electron chi connectivity index (χ0n) is 18.3. The van der Waals surface area contributed by atoms with E-state index in [4.69, 9.17) is 10.5 Å². The molecule has 0 aliphatic carbocycles. The van der Waals surface area contributed by atoms with Gasteiger partial charge in [-0.1, -0.05) is 36.4 Å². The highest BCUT2D eigenvalue weighted by molar-refractivity contribution is 5.89. The van der Waals surface area contributed by atoms with Gasteiger partial charge in [0.05, 0.1) is 51.3 Å². The topological polar surface area (TPSA) is 108 Å². The lowest BCUT2D eigenvalue weighted by Crippen LogP contribution is -2.05. The molecular formula is C28H12F3N5. The van der Waals surface area contributed by atoms with Gasteiger partial charge in [-0.05, 0) is 42.0 Å². The highest BCUT2D eigenvalue weighted by Crippen LogP contribution is 2.39. The van der Waals surface area contributed by atoms with Gasteiger partial charge in [0.1, 0.15) is 12.1 Å². The van der Waals surface area contributed by atoms with Crippen LogP contribution < -0.4 is 0 Å². The van der Waals surface area contributed by atoms with E-state index in [2.05, 4.69) is 17.1 Å². The number of alkyl halides is 3. The molecule has 0 fully saturated rings. The van der Waals surface area contributed by atoms with Gasteiger partial charge in [-0.25, -0.2) is 4.98 Å². The first-order chi connectivity index (χ1) is 17.3. The molecule has 0 amide bonds. The Bertz CT molecular complexity index is 1530. The molecule has 5 nitrogen and oxygen atoms in total. The molecule has 0 aliphatic rings. The van der Waals surface area contributed by atoms with E-state index in [-0.39, 0.29) is 33.6 Å². The Morgan fingerprint density at radius 2 is 0.917 bits per heavy atom. The molecule has 0 radical (unpaired) electrons. The average molecular weight is 475 g/mol. The lowest BCUT2D eigenvalue weighted by molar-refractivity contribution is -0.137. The highest BCUT2D eigenvalue weighted by Gasteiger charge is 2.30. The summed E-state index contributed by atoms with van der Waals surface area (Å²) in [5.74, 6) is 0. The molecule has 4 rings (SSSR count). The summed E-state index contributed by atoms with van der Waals surface area (Å²) >= 11 is 0. The SMILES string of the molecule is N#Cc1ccc(-c2nc(-c3ccc(C#N)cc3)c(C#N)c(-c3ccc(C(F)(F)F)cc3)c2C#N)cc1. The van der Waals surface area contributed by atoms with Gasteiger partial charge >= 0.3 is 6.18 Å². The third-order valence-electron chi connectivity index (χ3n) is 5.50. The quantitative estimate of drug-likeness (QED) is 0.332. The van der Waals surface area contributed by atoms with Crippen LogP contribution >= 0.6 is 0 Å². The Kier molecular flexibility index (Phi) is 6.21. The molecule has 0 N–H and O–H groups in total. The van der Waals surface area contributed by atoms with Crippen LogP contribution in [-0.4, -0.2) is 4.98 Å². The van der Waals surface area contributed by atoms with Crippen molar-refractivity contribution in [3.8, 4) is 57.9 Å². The molecule has 0 saturated carbocycles. The normalized spacial score (nSPS) is 10.5. The summed E-state index contributed by atoms with van der Waals surface area (Å²) < 4.78 is 39.4. The van der Waals surface area contributed by atoms with Crippen LogP contribution in [0.15, 0.2) is 72.8 Å². The second-order valence-corrected chi connectivity index (χ2v) is 7.61. The second-order valence-electron chi connectivity index (χ2n) is 7.61. The van der Waals surface area contributed by atoms with Gasteiger partial charge in [-0.3, -0.25) is 0 Å². The van der Waals surface area contributed by atoms with Crippen molar-refractivity contribution in [1.82, 2.24) is 4.98 Å². The molecule has 1 aromatic heterocycles. The van der Waals surface area contributed by atoms with Crippen LogP contribution in [0.2, 0.25) is 0 Å². The minimum atomic E-state index is -4.55. The first kappa shape index (κ1) is 23.7. The summed E-state index contributed by atoms with van der Waals surface area (Å²) in [6.45, 7) is 0. The minimum Gasteiger partial charge on any atom is -0.245 e. The van der Waals surface area contributed by atoms with Crippen molar-refractivity contribution >= 4 is 0 Å². The number of nitriles is 4. The van der Waals surface area contributed by atoms with Gasteiger partial charge < -0.3 is 0 Å². The summed E-state index contributed by atoms with van der Waals surface area (Å²) in [6, 6.07) is 25.0. The van der Waals surface area contributed by atoms with Crippen molar-refractivity contribution in [2.75, 3.05) is 0 Å². The van der Waals surface area contributed by atoms with Crippen molar-refractivity contribution < 1.29 is 13.2 Å². The molecule has 4 aromatic rings. The summed E-state index contributed by atoms with van der Waals surface area (Å²) in [5, 5.41) is 38.4. The van der Waals surface area contributed by atoms with E-state index in [1.165, 1.54) is 12.1 Å². The number of halogens is 3. The molecular weight excluding hydrogens is 463 g/mol. The Morgan fingerprint density at radius 1 is 0.528 bits per heavy atom. The van der Waals surface area contributed by atoms with Gasteiger partial charge in [0.25, 0.3) is 0 Å². The van der Waals surface area contributed by atoms with Crippen LogP contribution in [0.25, 0.3) is 33.6 Å². The van der Waals surface area contributed by atoms with E-state index in [9.17, 15) is 23.7 Å². The first-order valence-corrected chi connectivity index (χ1v) is 10.4. The van der Waals surface area contributed by atoms with E-state index >= 15 is 0 Å². The summed E-state index contributed by atoms with van der Waals surface area (Å²) in [6.07, 6.45) is -4.55. The number of pyridine rings is 1. The Balaban J connectivity index is 2.07. The molecule has 0 unspecified atom stereocenters. The fourth-order valence-electron chi connectivity index (χ4n) is 3.74. The molecule has 36 heavy (non-hydrogen) atoms. The molecule has 170 valence electrons. The Morgan fingerprint density at radius 3 is 1.25 bits per heavy atom. The van der Waals surface area contributed by atoms with Gasteiger partial charge in [-0.2, -0.15) is 34.2 Å². The minimum absolute atomic E-state index is 0.00779. The summed E-state index contributed by atoms with van der Waals surface area (Å²) in [4.78, 5) is 4.62. The molecule has 0 bridgehead atoms. The second kappa shape index (κ2) is 9.43. The summed E-state index contributed by atoms with van der Waals surface area (Å²) in [7, 11) is 0. The zero-order chi connectivity index (χ0) is 25.9. The number of benzene rings is 3. The Labute approximate surface area is 204 Å². The van der Waals surface area contributed by atoms with Gasteiger partial charge in [0.15, 0.2) is 0 Å². The van der Waals surface area contributed by atoms with Crippen molar-refractivity contribution in [2.24, 2.45) is 0 Å². The largest absolute Gasteiger partial charge is 0.416 e. The number of hydrogen-bond donors (Lipinski definition) is 0. The van der Waals surface area contributed by atoms with Crippen LogP contribution in [0.4, 0.5) is 13.2 Å². The number of nitrogens with zero attached hydrogens (tertiary/aromatic N) is 5. The average Bonchev–Trinajstić information content (AvgIpc) is 2.91. The third kappa shape index (κ3) is 4.36. The number of hydrogen-bond acceptors (Lipinski definition) is 5. The fraction of sp³-hybridized carbons (Fsp3) is 0.0357. The monoisotopic (exact) mass is 475 g/mol. The predicted molar refractivity (Wildman–Crippen MR) is 124 cm³/mol. The number of rotatable bonds is 3. The molecule has 0 atom stereocenters. The number of aromatic nitrogens is 1. The molecule has 1 heterocycles. The van der Waals surface area contributed by atoms with Crippen LogP contribution in [0.5, 0.6) is 0 Å². The first-order valence-electron chi connectivity index (χ1n) is 10.4. The van der Waals surface area contributed by atoms with Gasteiger partial charge in [0, 0.05) is 16.7 Å². The molecule has 0 spiro atoms. The van der Waals surface area contributed by atoms with Crippen LogP contribution in [0.1, 0.15) is 27.8 Å². The maximum atomic E-state index is 13.1. The van der Waals surface area contributed by atoms with Gasteiger partial charge in [-0.15, -0.1) is 0 Å². The highest BCUT2D eigenvalue weighted by atomic mass is 19.4.